The van der Waals surface area contributed by atoms with Gasteiger partial charge >= 0.3 is 0 Å². The van der Waals surface area contributed by atoms with E-state index in [4.69, 9.17) is 0 Å². The van der Waals surface area contributed by atoms with Crippen LogP contribution in [0.15, 0.2) is 22.7 Å². The minimum atomic E-state index is -0.174. The van der Waals surface area contributed by atoms with Crippen LogP contribution < -0.4 is 0 Å². The molecule has 0 aromatic heterocycles. The lowest BCUT2D eigenvalue weighted by molar-refractivity contribution is 0.400. The van der Waals surface area contributed by atoms with Crippen molar-refractivity contribution in [2.24, 2.45) is 0 Å². The molecule has 0 N–H and O–H groups in total. The molecule has 0 heterocycles. The Hall–Kier alpha value is -0.410. The molecule has 0 radical (unpaired) electrons. The van der Waals surface area contributed by atoms with Gasteiger partial charge in [-0.1, -0.05) is 6.07 Å². The van der Waals surface area contributed by atoms with E-state index in [2.05, 4.69) is 20.8 Å². The van der Waals surface area contributed by atoms with Gasteiger partial charge in [-0.25, -0.2) is 4.39 Å². The molecule has 0 saturated carbocycles. The number of benzene rings is 1. The van der Waals surface area contributed by atoms with Gasteiger partial charge in [-0.05, 0) is 67.1 Å². The third-order valence-corrected chi connectivity index (χ3v) is 2.70. The third kappa shape index (κ3) is 3.76. The molecule has 1 rings (SSSR count). The molecule has 0 aliphatic heterocycles. The van der Waals surface area contributed by atoms with Gasteiger partial charge in [0.25, 0.3) is 0 Å². The number of rotatable bonds is 4. The van der Waals surface area contributed by atoms with Gasteiger partial charge in [0.1, 0.15) is 5.82 Å². The third-order valence-electron chi connectivity index (χ3n) is 2.05. The molecule has 0 fully saturated rings. The minimum Gasteiger partial charge on any atom is -0.309 e. The number of hydrogen-bond acceptors (Lipinski definition) is 1. The highest BCUT2D eigenvalue weighted by molar-refractivity contribution is 9.10. The highest BCUT2D eigenvalue weighted by Gasteiger charge is 2.00. The van der Waals surface area contributed by atoms with Crippen molar-refractivity contribution in [3.8, 4) is 0 Å². The first-order chi connectivity index (χ1) is 6.59. The second-order valence-corrected chi connectivity index (χ2v) is 4.51. The molecule has 0 saturated heterocycles. The Morgan fingerprint density at radius 2 is 2.07 bits per heavy atom. The summed E-state index contributed by atoms with van der Waals surface area (Å²) in [5, 5.41) is 0. The van der Waals surface area contributed by atoms with Crippen molar-refractivity contribution in [2.75, 3.05) is 20.6 Å². The summed E-state index contributed by atoms with van der Waals surface area (Å²) >= 11 is 3.14. The first-order valence-corrected chi connectivity index (χ1v) is 5.47. The second kappa shape index (κ2) is 5.47. The van der Waals surface area contributed by atoms with Crippen molar-refractivity contribution in [1.82, 2.24) is 4.90 Å². The minimum absolute atomic E-state index is 0.174. The summed E-state index contributed by atoms with van der Waals surface area (Å²) in [6.45, 7) is 1.04. The van der Waals surface area contributed by atoms with Crippen LogP contribution >= 0.6 is 15.9 Å². The van der Waals surface area contributed by atoms with E-state index in [9.17, 15) is 4.39 Å². The number of hydrogen-bond donors (Lipinski definition) is 0. The summed E-state index contributed by atoms with van der Waals surface area (Å²) in [4.78, 5) is 2.13. The summed E-state index contributed by atoms with van der Waals surface area (Å²) in [7, 11) is 4.09. The highest BCUT2D eigenvalue weighted by atomic mass is 79.9. The lowest BCUT2D eigenvalue weighted by atomic mass is 10.1. The Morgan fingerprint density at radius 1 is 1.36 bits per heavy atom. The molecule has 3 heteroatoms. The average molecular weight is 260 g/mol. The van der Waals surface area contributed by atoms with Crippen LogP contribution in [0.5, 0.6) is 0 Å². The lowest BCUT2D eigenvalue weighted by Gasteiger charge is -2.08. The van der Waals surface area contributed by atoms with Crippen LogP contribution in [-0.2, 0) is 6.42 Å². The van der Waals surface area contributed by atoms with Crippen LogP contribution in [0.1, 0.15) is 12.0 Å². The Kier molecular flexibility index (Phi) is 4.55. The molecular formula is C11H15BrFN. The van der Waals surface area contributed by atoms with Gasteiger partial charge in [-0.15, -0.1) is 0 Å². The Labute approximate surface area is 93.0 Å². The zero-order valence-electron chi connectivity index (χ0n) is 8.56. The van der Waals surface area contributed by atoms with E-state index in [1.54, 1.807) is 12.1 Å². The molecule has 78 valence electrons. The molecule has 0 aliphatic carbocycles. The SMILES string of the molecule is CN(C)CCCc1ccc(Br)c(F)c1. The fraction of sp³-hybridized carbons (Fsp3) is 0.455. The summed E-state index contributed by atoms with van der Waals surface area (Å²) in [5.74, 6) is -0.174. The maximum Gasteiger partial charge on any atom is 0.137 e. The van der Waals surface area contributed by atoms with E-state index in [1.165, 1.54) is 0 Å². The van der Waals surface area contributed by atoms with E-state index in [0.29, 0.717) is 4.47 Å². The van der Waals surface area contributed by atoms with E-state index in [-0.39, 0.29) is 5.82 Å². The van der Waals surface area contributed by atoms with E-state index >= 15 is 0 Å². The maximum atomic E-state index is 13.1. The molecule has 0 bridgehead atoms. The lowest BCUT2D eigenvalue weighted by Crippen LogP contribution is -2.13. The van der Waals surface area contributed by atoms with Crippen LogP contribution in [0.4, 0.5) is 4.39 Å². The quantitative estimate of drug-likeness (QED) is 0.804. The van der Waals surface area contributed by atoms with E-state index in [1.807, 2.05) is 20.2 Å². The van der Waals surface area contributed by atoms with Gasteiger partial charge in [-0.2, -0.15) is 0 Å². The number of aryl methyl sites for hydroxylation is 1. The van der Waals surface area contributed by atoms with Gasteiger partial charge in [0.2, 0.25) is 0 Å². The highest BCUT2D eigenvalue weighted by Crippen LogP contribution is 2.17. The topological polar surface area (TPSA) is 3.24 Å². The van der Waals surface area contributed by atoms with Gasteiger partial charge in [-0.3, -0.25) is 0 Å². The number of nitrogens with zero attached hydrogens (tertiary/aromatic N) is 1. The van der Waals surface area contributed by atoms with Crippen LogP contribution in [0, 0.1) is 5.82 Å². The standard InChI is InChI=1S/C11H15BrFN/c1-14(2)7-3-4-9-5-6-10(12)11(13)8-9/h5-6,8H,3-4,7H2,1-2H3. The van der Waals surface area contributed by atoms with E-state index in [0.717, 1.165) is 24.9 Å². The molecule has 0 amide bonds. The fourth-order valence-electron chi connectivity index (χ4n) is 1.29. The van der Waals surface area contributed by atoms with Crippen molar-refractivity contribution in [3.63, 3.8) is 0 Å². The Morgan fingerprint density at radius 3 is 2.64 bits per heavy atom. The fourth-order valence-corrected chi connectivity index (χ4v) is 1.54. The van der Waals surface area contributed by atoms with Crippen molar-refractivity contribution < 1.29 is 4.39 Å². The summed E-state index contributed by atoms with van der Waals surface area (Å²) < 4.78 is 13.6. The van der Waals surface area contributed by atoms with Gasteiger partial charge in [0.05, 0.1) is 4.47 Å². The molecular weight excluding hydrogens is 245 g/mol. The first-order valence-electron chi connectivity index (χ1n) is 4.68. The van der Waals surface area contributed by atoms with Crippen molar-refractivity contribution >= 4 is 15.9 Å². The maximum absolute atomic E-state index is 13.1. The van der Waals surface area contributed by atoms with Crippen molar-refractivity contribution in [1.29, 1.82) is 0 Å². The van der Waals surface area contributed by atoms with Crippen LogP contribution in [-0.4, -0.2) is 25.5 Å². The van der Waals surface area contributed by atoms with Crippen LogP contribution in [0.2, 0.25) is 0 Å². The molecule has 1 aromatic carbocycles. The normalized spacial score (nSPS) is 10.9. The van der Waals surface area contributed by atoms with Crippen LogP contribution in [0.3, 0.4) is 0 Å². The van der Waals surface area contributed by atoms with Gasteiger partial charge < -0.3 is 4.90 Å². The molecule has 14 heavy (non-hydrogen) atoms. The molecule has 1 nitrogen and oxygen atoms in total. The second-order valence-electron chi connectivity index (χ2n) is 3.66. The zero-order valence-corrected chi connectivity index (χ0v) is 10.1. The monoisotopic (exact) mass is 259 g/mol. The average Bonchev–Trinajstić information content (AvgIpc) is 2.10. The predicted molar refractivity (Wildman–Crippen MR) is 61.0 cm³/mol. The van der Waals surface area contributed by atoms with E-state index < -0.39 is 0 Å². The number of halogens is 2. The molecule has 0 unspecified atom stereocenters. The molecule has 0 spiro atoms. The first kappa shape index (κ1) is 11.7. The van der Waals surface area contributed by atoms with Gasteiger partial charge in [0.15, 0.2) is 0 Å². The largest absolute Gasteiger partial charge is 0.309 e. The summed E-state index contributed by atoms with van der Waals surface area (Å²) in [6, 6.07) is 5.32. The summed E-state index contributed by atoms with van der Waals surface area (Å²) in [5.41, 5.74) is 1.06. The Balaban J connectivity index is 2.47. The predicted octanol–water partition coefficient (Wildman–Crippen LogP) is 3.08. The molecule has 0 atom stereocenters. The summed E-state index contributed by atoms with van der Waals surface area (Å²) in [6.07, 6.45) is 2.00. The van der Waals surface area contributed by atoms with Crippen LogP contribution in [0.25, 0.3) is 0 Å². The smallest absolute Gasteiger partial charge is 0.137 e. The Bertz CT molecular complexity index is 299. The van der Waals surface area contributed by atoms with Gasteiger partial charge in [0, 0.05) is 0 Å². The van der Waals surface area contributed by atoms with Crippen molar-refractivity contribution in [3.05, 3.63) is 34.1 Å². The molecule has 1 aromatic rings. The molecule has 0 aliphatic rings. The van der Waals surface area contributed by atoms with Crippen molar-refractivity contribution in [2.45, 2.75) is 12.8 Å². The zero-order chi connectivity index (χ0) is 10.6.